The second-order valence-corrected chi connectivity index (χ2v) is 5.12. The number of H-pyrrole nitrogens is 1. The van der Waals surface area contributed by atoms with E-state index in [4.69, 9.17) is 4.74 Å². The van der Waals surface area contributed by atoms with Crippen LogP contribution in [0.3, 0.4) is 0 Å². The molecule has 0 fully saturated rings. The highest BCUT2D eigenvalue weighted by Gasteiger charge is 2.10. The first-order chi connectivity index (χ1) is 9.81. The number of rotatable bonds is 4. The fourth-order valence-corrected chi connectivity index (χ4v) is 2.73. The molecule has 2 aromatic heterocycles. The van der Waals surface area contributed by atoms with Gasteiger partial charge in [0.2, 0.25) is 0 Å². The minimum absolute atomic E-state index is 0.670. The topological polar surface area (TPSA) is 50.8 Å². The Balaban J connectivity index is 2.08. The second-order valence-electron chi connectivity index (χ2n) is 4.27. The quantitative estimate of drug-likeness (QED) is 0.742. The fraction of sp³-hybridized carbons (Fsp3) is 0.200. The number of ether oxygens (including phenoxy) is 1. The summed E-state index contributed by atoms with van der Waals surface area (Å²) in [5.41, 5.74) is 2.96. The first-order valence-electron chi connectivity index (χ1n) is 6.42. The van der Waals surface area contributed by atoms with E-state index in [0.717, 1.165) is 33.1 Å². The fourth-order valence-electron chi connectivity index (χ4n) is 2.11. The number of hydrogen-bond donors (Lipinski definition) is 1. The van der Waals surface area contributed by atoms with Crippen molar-refractivity contribution < 1.29 is 4.74 Å². The van der Waals surface area contributed by atoms with Crippen molar-refractivity contribution in [2.24, 2.45) is 0 Å². The van der Waals surface area contributed by atoms with E-state index in [9.17, 15) is 0 Å². The Morgan fingerprint density at radius 1 is 1.30 bits per heavy atom. The molecule has 0 unspecified atom stereocenters. The summed E-state index contributed by atoms with van der Waals surface area (Å²) in [7, 11) is 0. The maximum Gasteiger partial charge on any atom is 0.139 e. The van der Waals surface area contributed by atoms with Crippen LogP contribution < -0.4 is 4.74 Å². The lowest BCUT2D eigenvalue weighted by atomic mass is 10.2. The van der Waals surface area contributed by atoms with Crippen LogP contribution >= 0.6 is 11.8 Å². The smallest absolute Gasteiger partial charge is 0.139 e. The van der Waals surface area contributed by atoms with Crippen molar-refractivity contribution in [1.82, 2.24) is 15.0 Å². The van der Waals surface area contributed by atoms with Gasteiger partial charge in [-0.25, -0.2) is 4.98 Å². The van der Waals surface area contributed by atoms with Gasteiger partial charge in [-0.05, 0) is 37.4 Å². The number of benzene rings is 1. The maximum absolute atomic E-state index is 5.54. The van der Waals surface area contributed by atoms with E-state index in [1.807, 2.05) is 25.1 Å². The average Bonchev–Trinajstić information content (AvgIpc) is 2.91. The predicted molar refractivity (Wildman–Crippen MR) is 82.3 cm³/mol. The molecule has 1 aromatic carbocycles. The van der Waals surface area contributed by atoms with Crippen molar-refractivity contribution >= 4 is 22.8 Å². The highest BCUT2D eigenvalue weighted by molar-refractivity contribution is 7.98. The van der Waals surface area contributed by atoms with Gasteiger partial charge in [-0.1, -0.05) is 0 Å². The van der Waals surface area contributed by atoms with Crippen LogP contribution in [0.15, 0.2) is 41.6 Å². The summed E-state index contributed by atoms with van der Waals surface area (Å²) in [5.74, 6) is 1.75. The van der Waals surface area contributed by atoms with Crippen LogP contribution in [0.1, 0.15) is 6.92 Å². The van der Waals surface area contributed by atoms with Gasteiger partial charge in [-0.15, -0.1) is 11.8 Å². The van der Waals surface area contributed by atoms with Crippen molar-refractivity contribution in [2.45, 2.75) is 11.8 Å². The Bertz CT molecular complexity index is 706. The summed E-state index contributed by atoms with van der Waals surface area (Å²) in [6.07, 6.45) is 5.60. The Labute approximate surface area is 121 Å². The van der Waals surface area contributed by atoms with E-state index in [1.54, 1.807) is 24.2 Å². The van der Waals surface area contributed by atoms with Crippen molar-refractivity contribution in [1.29, 1.82) is 0 Å². The van der Waals surface area contributed by atoms with E-state index in [-0.39, 0.29) is 0 Å². The lowest BCUT2D eigenvalue weighted by Gasteiger charge is -2.08. The van der Waals surface area contributed by atoms with Gasteiger partial charge in [0.1, 0.15) is 11.6 Å². The third-order valence-corrected chi connectivity index (χ3v) is 3.80. The standard InChI is InChI=1S/C15H15N3OS/c1-3-19-10-4-5-11(14(8-10)20-2)15-17-12-6-7-16-9-13(12)18-15/h4-9H,3H2,1-2H3,(H,17,18). The monoisotopic (exact) mass is 285 g/mol. The van der Waals surface area contributed by atoms with E-state index in [0.29, 0.717) is 6.61 Å². The number of thioether (sulfide) groups is 1. The van der Waals surface area contributed by atoms with E-state index < -0.39 is 0 Å². The lowest BCUT2D eigenvalue weighted by Crippen LogP contribution is -1.92. The minimum Gasteiger partial charge on any atom is -0.494 e. The molecule has 4 nitrogen and oxygen atoms in total. The highest BCUT2D eigenvalue weighted by atomic mass is 32.2. The van der Waals surface area contributed by atoms with Crippen molar-refractivity contribution in [2.75, 3.05) is 12.9 Å². The molecule has 0 saturated heterocycles. The van der Waals surface area contributed by atoms with Crippen molar-refractivity contribution in [3.05, 3.63) is 36.7 Å². The van der Waals surface area contributed by atoms with Crippen molar-refractivity contribution in [3.63, 3.8) is 0 Å². The summed E-state index contributed by atoms with van der Waals surface area (Å²) in [4.78, 5) is 13.2. The molecule has 0 aliphatic carbocycles. The molecular weight excluding hydrogens is 270 g/mol. The molecule has 0 bridgehead atoms. The van der Waals surface area contributed by atoms with Crippen LogP contribution in [-0.2, 0) is 0 Å². The third kappa shape index (κ3) is 2.36. The van der Waals surface area contributed by atoms with Crippen LogP contribution in [0, 0.1) is 0 Å². The summed E-state index contributed by atoms with van der Waals surface area (Å²) < 4.78 is 5.54. The summed E-state index contributed by atoms with van der Waals surface area (Å²) in [6, 6.07) is 7.98. The molecule has 20 heavy (non-hydrogen) atoms. The number of nitrogens with one attached hydrogen (secondary N) is 1. The molecule has 0 atom stereocenters. The van der Waals surface area contributed by atoms with Crippen LogP contribution in [-0.4, -0.2) is 27.8 Å². The molecule has 0 aliphatic heterocycles. The Hall–Kier alpha value is -2.01. The molecule has 102 valence electrons. The molecule has 3 rings (SSSR count). The van der Waals surface area contributed by atoms with Gasteiger partial charge in [0.05, 0.1) is 23.8 Å². The molecule has 5 heteroatoms. The number of fused-ring (bicyclic) bond motifs is 1. The molecule has 0 radical (unpaired) electrons. The molecule has 2 heterocycles. The maximum atomic E-state index is 5.54. The van der Waals surface area contributed by atoms with Crippen LogP contribution in [0.4, 0.5) is 0 Å². The average molecular weight is 285 g/mol. The van der Waals surface area contributed by atoms with Crippen LogP contribution in [0.2, 0.25) is 0 Å². The van der Waals surface area contributed by atoms with Crippen LogP contribution in [0.25, 0.3) is 22.4 Å². The van der Waals surface area contributed by atoms with E-state index in [1.165, 1.54) is 0 Å². The molecule has 0 aliphatic rings. The highest BCUT2D eigenvalue weighted by Crippen LogP contribution is 2.32. The first-order valence-corrected chi connectivity index (χ1v) is 7.65. The Kier molecular flexibility index (Phi) is 3.60. The third-order valence-electron chi connectivity index (χ3n) is 3.02. The number of aromatic amines is 1. The van der Waals surface area contributed by atoms with Gasteiger partial charge in [0.25, 0.3) is 0 Å². The van der Waals surface area contributed by atoms with E-state index >= 15 is 0 Å². The molecule has 0 saturated carbocycles. The molecular formula is C15H15N3OS. The predicted octanol–water partition coefficient (Wildman–Crippen LogP) is 3.75. The summed E-state index contributed by atoms with van der Waals surface area (Å²) in [5, 5.41) is 0. The van der Waals surface area contributed by atoms with Gasteiger partial charge in [0.15, 0.2) is 0 Å². The Morgan fingerprint density at radius 2 is 2.20 bits per heavy atom. The van der Waals surface area contributed by atoms with Crippen LogP contribution in [0.5, 0.6) is 5.75 Å². The molecule has 0 spiro atoms. The normalized spacial score (nSPS) is 10.9. The largest absolute Gasteiger partial charge is 0.494 e. The first kappa shape index (κ1) is 13.0. The minimum atomic E-state index is 0.670. The summed E-state index contributed by atoms with van der Waals surface area (Å²) in [6.45, 7) is 2.66. The summed E-state index contributed by atoms with van der Waals surface area (Å²) >= 11 is 1.68. The number of pyridine rings is 1. The SMILES string of the molecule is CCOc1ccc(-c2nc3ccncc3[nH]2)c(SC)c1. The number of nitrogens with zero attached hydrogens (tertiary/aromatic N) is 2. The zero-order valence-electron chi connectivity index (χ0n) is 11.4. The zero-order valence-corrected chi connectivity index (χ0v) is 12.2. The van der Waals surface area contributed by atoms with Gasteiger partial charge in [-0.2, -0.15) is 0 Å². The number of imidazole rings is 1. The number of hydrogen-bond acceptors (Lipinski definition) is 4. The van der Waals surface area contributed by atoms with Crippen molar-refractivity contribution in [3.8, 4) is 17.1 Å². The molecule has 0 amide bonds. The zero-order chi connectivity index (χ0) is 13.9. The lowest BCUT2D eigenvalue weighted by molar-refractivity contribution is 0.339. The van der Waals surface area contributed by atoms with Gasteiger partial charge >= 0.3 is 0 Å². The van der Waals surface area contributed by atoms with Gasteiger partial charge in [0, 0.05) is 16.7 Å². The molecule has 3 aromatic rings. The Morgan fingerprint density at radius 3 is 2.95 bits per heavy atom. The molecule has 1 N–H and O–H groups in total. The van der Waals surface area contributed by atoms with Gasteiger partial charge in [-0.3, -0.25) is 4.98 Å². The second kappa shape index (κ2) is 5.54. The van der Waals surface area contributed by atoms with Gasteiger partial charge < -0.3 is 9.72 Å². The number of aromatic nitrogens is 3. The van der Waals surface area contributed by atoms with E-state index in [2.05, 4.69) is 27.3 Å².